The average Bonchev–Trinajstić information content (AvgIpc) is 2.76. The highest BCUT2D eigenvalue weighted by atomic mass is 19.4. The van der Waals surface area contributed by atoms with Gasteiger partial charge in [-0.05, 0) is 11.6 Å². The van der Waals surface area contributed by atoms with Crippen LogP contribution in [-0.2, 0) is 12.7 Å². The van der Waals surface area contributed by atoms with Gasteiger partial charge in [-0.3, -0.25) is 4.98 Å². The number of imidazole rings is 1. The van der Waals surface area contributed by atoms with Crippen LogP contribution < -0.4 is 5.32 Å². The fraction of sp³-hybridized carbons (Fsp3) is 0.273. The molecule has 0 bridgehead atoms. The fourth-order valence-corrected chi connectivity index (χ4v) is 1.47. The van der Waals surface area contributed by atoms with Gasteiger partial charge in [0, 0.05) is 19.4 Å². The maximum atomic E-state index is 12.3. The molecule has 18 heavy (non-hydrogen) atoms. The van der Waals surface area contributed by atoms with Crippen LogP contribution in [0.15, 0.2) is 30.9 Å². The Bertz CT molecular complexity index is 516. The minimum absolute atomic E-state index is 0.430. The van der Waals surface area contributed by atoms with E-state index in [-0.39, 0.29) is 0 Å². The Morgan fingerprint density at radius 3 is 2.56 bits per heavy atom. The van der Waals surface area contributed by atoms with E-state index < -0.39 is 11.9 Å². The number of pyridine rings is 1. The summed E-state index contributed by atoms with van der Waals surface area (Å²) in [5.74, 6) is 0.704. The van der Waals surface area contributed by atoms with E-state index in [0.717, 1.165) is 6.07 Å². The van der Waals surface area contributed by atoms with Crippen molar-refractivity contribution >= 4 is 5.82 Å². The largest absolute Gasteiger partial charge is 0.433 e. The van der Waals surface area contributed by atoms with Crippen molar-refractivity contribution in [3.63, 3.8) is 0 Å². The van der Waals surface area contributed by atoms with Gasteiger partial charge < -0.3 is 9.88 Å². The van der Waals surface area contributed by atoms with Crippen molar-refractivity contribution in [2.45, 2.75) is 12.7 Å². The topological polar surface area (TPSA) is 42.7 Å². The zero-order chi connectivity index (χ0) is 13.2. The molecule has 0 aliphatic carbocycles. The standard InChI is InChI=1S/C11H11F3N4/c1-15-10-6-18(7-17-10)5-8-2-3-9(16-4-8)11(12,13)14/h2-4,6-7,15H,5H2,1H3. The lowest BCUT2D eigenvalue weighted by molar-refractivity contribution is -0.141. The molecule has 0 spiro atoms. The Labute approximate surface area is 101 Å². The van der Waals surface area contributed by atoms with Gasteiger partial charge in [0.15, 0.2) is 0 Å². The number of anilines is 1. The van der Waals surface area contributed by atoms with Gasteiger partial charge in [-0.2, -0.15) is 13.2 Å². The summed E-state index contributed by atoms with van der Waals surface area (Å²) in [5.41, 5.74) is -0.198. The molecule has 4 nitrogen and oxygen atoms in total. The zero-order valence-corrected chi connectivity index (χ0v) is 9.57. The third-order valence-corrected chi connectivity index (χ3v) is 2.37. The number of nitrogens with zero attached hydrogens (tertiary/aromatic N) is 3. The Morgan fingerprint density at radius 2 is 2.06 bits per heavy atom. The van der Waals surface area contributed by atoms with Crippen LogP contribution in [-0.4, -0.2) is 21.6 Å². The molecule has 0 amide bonds. The summed E-state index contributed by atoms with van der Waals surface area (Å²) >= 11 is 0. The summed E-state index contributed by atoms with van der Waals surface area (Å²) in [6.07, 6.45) is 0.190. The molecule has 0 atom stereocenters. The van der Waals surface area contributed by atoms with Gasteiger partial charge >= 0.3 is 6.18 Å². The molecule has 0 fully saturated rings. The molecule has 2 rings (SSSR count). The van der Waals surface area contributed by atoms with Crippen LogP contribution in [0.2, 0.25) is 0 Å². The van der Waals surface area contributed by atoms with E-state index in [2.05, 4.69) is 15.3 Å². The van der Waals surface area contributed by atoms with Crippen molar-refractivity contribution < 1.29 is 13.2 Å². The van der Waals surface area contributed by atoms with E-state index in [9.17, 15) is 13.2 Å². The predicted molar refractivity (Wildman–Crippen MR) is 60.1 cm³/mol. The van der Waals surface area contributed by atoms with Crippen molar-refractivity contribution in [2.24, 2.45) is 0 Å². The van der Waals surface area contributed by atoms with Gasteiger partial charge in [-0.1, -0.05) is 6.07 Å². The van der Waals surface area contributed by atoms with E-state index in [1.54, 1.807) is 24.1 Å². The van der Waals surface area contributed by atoms with Crippen LogP contribution in [0.25, 0.3) is 0 Å². The van der Waals surface area contributed by atoms with E-state index in [1.807, 2.05) is 0 Å². The van der Waals surface area contributed by atoms with Crippen LogP contribution >= 0.6 is 0 Å². The van der Waals surface area contributed by atoms with Gasteiger partial charge in [-0.15, -0.1) is 0 Å². The first kappa shape index (κ1) is 12.4. The molecular formula is C11H11F3N4. The lowest BCUT2D eigenvalue weighted by Gasteiger charge is -2.06. The highest BCUT2D eigenvalue weighted by Crippen LogP contribution is 2.27. The molecule has 2 heterocycles. The van der Waals surface area contributed by atoms with Crippen LogP contribution in [0.5, 0.6) is 0 Å². The third kappa shape index (κ3) is 2.79. The predicted octanol–water partition coefficient (Wildman–Crippen LogP) is 2.39. The van der Waals surface area contributed by atoms with Crippen molar-refractivity contribution in [3.8, 4) is 0 Å². The Hall–Kier alpha value is -2.05. The molecule has 7 heteroatoms. The van der Waals surface area contributed by atoms with Gasteiger partial charge in [0.2, 0.25) is 0 Å². The van der Waals surface area contributed by atoms with Crippen LogP contribution in [0, 0.1) is 0 Å². The van der Waals surface area contributed by atoms with Crippen molar-refractivity contribution in [1.29, 1.82) is 0 Å². The van der Waals surface area contributed by atoms with Crippen molar-refractivity contribution in [3.05, 3.63) is 42.1 Å². The summed E-state index contributed by atoms with van der Waals surface area (Å²) in [6, 6.07) is 2.39. The SMILES string of the molecule is CNc1cn(Cc2ccc(C(F)(F)F)nc2)cn1. The molecule has 0 aliphatic heterocycles. The first-order valence-electron chi connectivity index (χ1n) is 5.20. The monoisotopic (exact) mass is 256 g/mol. The number of hydrogen-bond donors (Lipinski definition) is 1. The summed E-state index contributed by atoms with van der Waals surface area (Å²) in [5, 5.41) is 2.87. The summed E-state index contributed by atoms with van der Waals surface area (Å²) in [6.45, 7) is 0.430. The fourth-order valence-electron chi connectivity index (χ4n) is 1.47. The van der Waals surface area contributed by atoms with Crippen LogP contribution in [0.3, 0.4) is 0 Å². The quantitative estimate of drug-likeness (QED) is 0.916. The molecule has 0 aliphatic rings. The number of rotatable bonds is 3. The average molecular weight is 256 g/mol. The first-order chi connectivity index (χ1) is 8.49. The number of nitrogens with one attached hydrogen (secondary N) is 1. The Kier molecular flexibility index (Phi) is 3.22. The number of aromatic nitrogens is 3. The van der Waals surface area contributed by atoms with E-state index in [4.69, 9.17) is 0 Å². The molecule has 2 aromatic heterocycles. The maximum Gasteiger partial charge on any atom is 0.433 e. The highest BCUT2D eigenvalue weighted by molar-refractivity contribution is 5.30. The van der Waals surface area contributed by atoms with E-state index in [1.165, 1.54) is 12.3 Å². The van der Waals surface area contributed by atoms with E-state index >= 15 is 0 Å². The molecule has 96 valence electrons. The molecule has 0 radical (unpaired) electrons. The number of alkyl halides is 3. The molecule has 0 saturated carbocycles. The zero-order valence-electron chi connectivity index (χ0n) is 9.57. The second kappa shape index (κ2) is 4.67. The summed E-state index contributed by atoms with van der Waals surface area (Å²) in [4.78, 5) is 7.44. The Morgan fingerprint density at radius 1 is 1.28 bits per heavy atom. The highest BCUT2D eigenvalue weighted by Gasteiger charge is 2.31. The van der Waals surface area contributed by atoms with Crippen LogP contribution in [0.1, 0.15) is 11.3 Å². The van der Waals surface area contributed by atoms with Gasteiger partial charge in [0.1, 0.15) is 11.5 Å². The van der Waals surface area contributed by atoms with E-state index in [0.29, 0.717) is 17.9 Å². The minimum atomic E-state index is -4.40. The summed E-state index contributed by atoms with van der Waals surface area (Å²) in [7, 11) is 1.74. The molecular weight excluding hydrogens is 245 g/mol. The summed E-state index contributed by atoms with van der Waals surface area (Å²) < 4.78 is 38.7. The lowest BCUT2D eigenvalue weighted by Crippen LogP contribution is -2.08. The van der Waals surface area contributed by atoms with Crippen molar-refractivity contribution in [1.82, 2.24) is 14.5 Å². The minimum Gasteiger partial charge on any atom is -0.372 e. The van der Waals surface area contributed by atoms with Gasteiger partial charge in [0.05, 0.1) is 12.9 Å². The maximum absolute atomic E-state index is 12.3. The lowest BCUT2D eigenvalue weighted by atomic mass is 10.2. The van der Waals surface area contributed by atoms with Crippen molar-refractivity contribution in [2.75, 3.05) is 12.4 Å². The second-order valence-corrected chi connectivity index (χ2v) is 3.73. The smallest absolute Gasteiger partial charge is 0.372 e. The van der Waals surface area contributed by atoms with Gasteiger partial charge in [0.25, 0.3) is 0 Å². The molecule has 2 aromatic rings. The van der Waals surface area contributed by atoms with Crippen LogP contribution in [0.4, 0.5) is 19.0 Å². The first-order valence-corrected chi connectivity index (χ1v) is 5.20. The third-order valence-electron chi connectivity index (χ3n) is 2.37. The molecule has 0 aromatic carbocycles. The van der Waals surface area contributed by atoms with Gasteiger partial charge in [-0.25, -0.2) is 4.98 Å². The molecule has 1 N–H and O–H groups in total. The molecule has 0 unspecified atom stereocenters. The Balaban J connectivity index is 2.11. The second-order valence-electron chi connectivity index (χ2n) is 3.73. The number of hydrogen-bond acceptors (Lipinski definition) is 3. The number of halogens is 3. The molecule has 0 saturated heterocycles. The normalized spacial score (nSPS) is 11.6.